The molecule has 27 heavy (non-hydrogen) atoms. The molecule has 0 saturated carbocycles. The lowest BCUT2D eigenvalue weighted by Crippen LogP contribution is -2.41. The zero-order valence-corrected chi connectivity index (χ0v) is 17.5. The predicted octanol–water partition coefficient (Wildman–Crippen LogP) is 3.81. The second-order valence-corrected chi connectivity index (χ2v) is 5.74. The van der Waals surface area contributed by atoms with Crippen LogP contribution >= 0.6 is 24.0 Å². The molecule has 1 unspecified atom stereocenters. The van der Waals surface area contributed by atoms with Gasteiger partial charge in [-0.15, -0.1) is 24.0 Å². The first-order valence-corrected chi connectivity index (χ1v) is 8.39. The molecule has 8 heteroatoms. The van der Waals surface area contributed by atoms with Crippen molar-refractivity contribution in [3.63, 3.8) is 0 Å². The Kier molecular flexibility index (Phi) is 9.84. The van der Waals surface area contributed by atoms with E-state index in [0.29, 0.717) is 30.4 Å². The summed E-state index contributed by atoms with van der Waals surface area (Å²) in [6.45, 7) is 5.24. The van der Waals surface area contributed by atoms with E-state index < -0.39 is 5.82 Å². The summed E-state index contributed by atoms with van der Waals surface area (Å²) in [5, 5.41) is 15.5. The van der Waals surface area contributed by atoms with E-state index in [1.54, 1.807) is 18.2 Å². The molecule has 0 fully saturated rings. The first-order valence-electron chi connectivity index (χ1n) is 8.39. The molecule has 0 aromatic heterocycles. The number of hydrogen-bond donors (Lipinski definition) is 3. The van der Waals surface area contributed by atoms with Gasteiger partial charge in [0, 0.05) is 6.54 Å². The Morgan fingerprint density at radius 2 is 1.85 bits per heavy atom. The molecular formula is C19H24F2IN3O2. The minimum atomic E-state index is -0.669. The molecule has 2 aromatic rings. The molecular weight excluding hydrogens is 467 g/mol. The van der Waals surface area contributed by atoms with Crippen LogP contribution in [0.5, 0.6) is 11.5 Å². The van der Waals surface area contributed by atoms with Gasteiger partial charge in [0.25, 0.3) is 0 Å². The van der Waals surface area contributed by atoms with Crippen LogP contribution in [0.1, 0.15) is 19.4 Å². The highest BCUT2D eigenvalue weighted by Gasteiger charge is 2.07. The third-order valence-electron chi connectivity index (χ3n) is 3.48. The van der Waals surface area contributed by atoms with Crippen molar-refractivity contribution in [3.05, 3.63) is 59.7 Å². The van der Waals surface area contributed by atoms with E-state index in [1.165, 1.54) is 24.3 Å². The van der Waals surface area contributed by atoms with Gasteiger partial charge in [0.2, 0.25) is 0 Å². The van der Waals surface area contributed by atoms with Crippen molar-refractivity contribution in [1.82, 2.24) is 10.6 Å². The fourth-order valence-electron chi connectivity index (χ4n) is 2.19. The average Bonchev–Trinajstić information content (AvgIpc) is 2.62. The number of rotatable bonds is 7. The van der Waals surface area contributed by atoms with E-state index in [-0.39, 0.29) is 48.2 Å². The van der Waals surface area contributed by atoms with Crippen LogP contribution in [0.2, 0.25) is 0 Å². The van der Waals surface area contributed by atoms with Gasteiger partial charge in [-0.1, -0.05) is 6.07 Å². The van der Waals surface area contributed by atoms with Crippen LogP contribution in [0.4, 0.5) is 8.78 Å². The number of halogens is 3. The van der Waals surface area contributed by atoms with E-state index in [1.807, 2.05) is 13.8 Å². The number of guanidine groups is 1. The molecule has 0 amide bonds. The van der Waals surface area contributed by atoms with Crippen LogP contribution in [0.25, 0.3) is 0 Å². The maximum absolute atomic E-state index is 13.4. The van der Waals surface area contributed by atoms with Gasteiger partial charge in [-0.25, -0.2) is 13.8 Å². The summed E-state index contributed by atoms with van der Waals surface area (Å²) in [6.07, 6.45) is -0.171. The molecule has 148 valence electrons. The highest BCUT2D eigenvalue weighted by atomic mass is 127. The maximum Gasteiger partial charge on any atom is 0.191 e. The fourth-order valence-corrected chi connectivity index (χ4v) is 2.19. The van der Waals surface area contributed by atoms with Crippen molar-refractivity contribution in [3.8, 4) is 11.5 Å². The van der Waals surface area contributed by atoms with E-state index in [9.17, 15) is 13.9 Å². The standard InChI is InChI=1S/C19H23F2N3O2.HI/c1-3-22-19(24-12-14-4-9-18(25)17(21)10-14)23-11-13(2)26-16-7-5-15(20)6-8-16;/h4-10,13,25H,3,11-12H2,1-2H3,(H2,22,23,24);1H. The van der Waals surface area contributed by atoms with E-state index >= 15 is 0 Å². The van der Waals surface area contributed by atoms with Crippen LogP contribution in [-0.4, -0.2) is 30.3 Å². The molecule has 1 atom stereocenters. The average molecular weight is 491 g/mol. The Balaban J connectivity index is 0.00000364. The summed E-state index contributed by atoms with van der Waals surface area (Å²) in [7, 11) is 0. The first kappa shape index (κ1) is 22.9. The van der Waals surface area contributed by atoms with Crippen molar-refractivity contribution in [1.29, 1.82) is 0 Å². The first-order chi connectivity index (χ1) is 12.5. The SMILES string of the molecule is CCNC(=NCc1ccc(O)c(F)c1)NCC(C)Oc1ccc(F)cc1.I. The van der Waals surface area contributed by atoms with Crippen LogP contribution in [0.3, 0.4) is 0 Å². The molecule has 0 aliphatic rings. The molecule has 2 rings (SSSR count). The van der Waals surface area contributed by atoms with Gasteiger partial charge in [0.1, 0.15) is 17.7 Å². The van der Waals surface area contributed by atoms with Gasteiger partial charge in [-0.2, -0.15) is 0 Å². The van der Waals surface area contributed by atoms with E-state index in [4.69, 9.17) is 4.74 Å². The number of phenolic OH excluding ortho intramolecular Hbond substituents is 1. The second kappa shape index (κ2) is 11.6. The highest BCUT2D eigenvalue weighted by Crippen LogP contribution is 2.16. The largest absolute Gasteiger partial charge is 0.505 e. The highest BCUT2D eigenvalue weighted by molar-refractivity contribution is 14.0. The number of nitrogens with one attached hydrogen (secondary N) is 2. The Bertz CT molecular complexity index is 742. The van der Waals surface area contributed by atoms with Crippen molar-refractivity contribution in [2.75, 3.05) is 13.1 Å². The topological polar surface area (TPSA) is 65.9 Å². The molecule has 0 aliphatic carbocycles. The smallest absolute Gasteiger partial charge is 0.191 e. The lowest BCUT2D eigenvalue weighted by atomic mass is 10.2. The zero-order chi connectivity index (χ0) is 18.9. The van der Waals surface area contributed by atoms with E-state index in [2.05, 4.69) is 15.6 Å². The number of phenols is 1. The van der Waals surface area contributed by atoms with E-state index in [0.717, 1.165) is 0 Å². The Morgan fingerprint density at radius 3 is 2.48 bits per heavy atom. The quantitative estimate of drug-likeness (QED) is 0.313. The number of hydrogen-bond acceptors (Lipinski definition) is 3. The third-order valence-corrected chi connectivity index (χ3v) is 3.48. The summed E-state index contributed by atoms with van der Waals surface area (Å²) < 4.78 is 32.0. The Hall–Kier alpha value is -2.10. The number of aliphatic imine (C=N–C) groups is 1. The van der Waals surface area contributed by atoms with Crippen LogP contribution in [-0.2, 0) is 6.54 Å². The molecule has 5 nitrogen and oxygen atoms in total. The Morgan fingerprint density at radius 1 is 1.15 bits per heavy atom. The number of benzene rings is 2. The minimum absolute atomic E-state index is 0. The summed E-state index contributed by atoms with van der Waals surface area (Å²) in [4.78, 5) is 4.39. The molecule has 0 radical (unpaired) electrons. The molecule has 2 aromatic carbocycles. The lowest BCUT2D eigenvalue weighted by Gasteiger charge is -2.17. The molecule has 0 heterocycles. The summed E-state index contributed by atoms with van der Waals surface area (Å²) in [5.41, 5.74) is 0.646. The van der Waals surface area contributed by atoms with Gasteiger partial charge in [0.15, 0.2) is 17.5 Å². The minimum Gasteiger partial charge on any atom is -0.505 e. The second-order valence-electron chi connectivity index (χ2n) is 5.74. The number of aromatic hydroxyl groups is 1. The van der Waals surface area contributed by atoms with Crippen molar-refractivity contribution in [2.45, 2.75) is 26.5 Å². The van der Waals surface area contributed by atoms with Crippen LogP contribution < -0.4 is 15.4 Å². The third kappa shape index (κ3) is 7.98. The fraction of sp³-hybridized carbons (Fsp3) is 0.316. The maximum atomic E-state index is 13.4. The summed E-state index contributed by atoms with van der Waals surface area (Å²) >= 11 is 0. The van der Waals surface area contributed by atoms with Crippen molar-refractivity contribution < 1.29 is 18.6 Å². The van der Waals surface area contributed by atoms with Gasteiger partial charge < -0.3 is 20.5 Å². The Labute approximate surface area is 174 Å². The number of nitrogens with zero attached hydrogens (tertiary/aromatic N) is 1. The molecule has 0 saturated heterocycles. The van der Waals surface area contributed by atoms with Gasteiger partial charge in [-0.05, 0) is 55.8 Å². The van der Waals surface area contributed by atoms with Gasteiger partial charge >= 0.3 is 0 Å². The molecule has 0 aliphatic heterocycles. The van der Waals surface area contributed by atoms with Gasteiger partial charge in [0.05, 0.1) is 13.1 Å². The van der Waals surface area contributed by atoms with Crippen LogP contribution in [0, 0.1) is 11.6 Å². The zero-order valence-electron chi connectivity index (χ0n) is 15.2. The molecule has 0 bridgehead atoms. The van der Waals surface area contributed by atoms with Gasteiger partial charge in [-0.3, -0.25) is 0 Å². The summed E-state index contributed by atoms with van der Waals surface area (Å²) in [6, 6.07) is 10.0. The normalized spacial score (nSPS) is 12.1. The van der Waals surface area contributed by atoms with Crippen molar-refractivity contribution >= 4 is 29.9 Å². The predicted molar refractivity (Wildman–Crippen MR) is 113 cm³/mol. The summed E-state index contributed by atoms with van der Waals surface area (Å²) in [5.74, 6) is -0.209. The monoisotopic (exact) mass is 491 g/mol. The van der Waals surface area contributed by atoms with Crippen molar-refractivity contribution in [2.24, 2.45) is 4.99 Å². The number of ether oxygens (including phenoxy) is 1. The lowest BCUT2D eigenvalue weighted by molar-refractivity contribution is 0.223. The molecule has 0 spiro atoms. The van der Waals surface area contributed by atoms with Crippen LogP contribution in [0.15, 0.2) is 47.5 Å². The molecule has 3 N–H and O–H groups in total.